The highest BCUT2D eigenvalue weighted by molar-refractivity contribution is 5.89. The van der Waals surface area contributed by atoms with Crippen LogP contribution in [0.15, 0.2) is 10.8 Å². The molecule has 0 radical (unpaired) electrons. The predicted molar refractivity (Wildman–Crippen MR) is 54.0 cm³/mol. The molecule has 0 amide bonds. The summed E-state index contributed by atoms with van der Waals surface area (Å²) < 4.78 is 9.95. The highest BCUT2D eigenvalue weighted by Crippen LogP contribution is 2.06. The van der Waals surface area contributed by atoms with Gasteiger partial charge in [-0.2, -0.15) is 0 Å². The van der Waals surface area contributed by atoms with E-state index < -0.39 is 11.6 Å². The zero-order chi connectivity index (χ0) is 11.5. The molecule has 0 N–H and O–H groups in total. The summed E-state index contributed by atoms with van der Waals surface area (Å²) >= 11 is 0. The maximum atomic E-state index is 11.2. The van der Waals surface area contributed by atoms with Crippen molar-refractivity contribution in [2.24, 2.45) is 0 Å². The van der Waals surface area contributed by atoms with E-state index in [4.69, 9.17) is 9.15 Å². The van der Waals surface area contributed by atoms with Crippen LogP contribution in [0.25, 0.3) is 0 Å². The van der Waals surface area contributed by atoms with Gasteiger partial charge in [-0.25, -0.2) is 9.78 Å². The molecule has 1 aromatic rings. The Morgan fingerprint density at radius 1 is 1.53 bits per heavy atom. The maximum absolute atomic E-state index is 11.2. The Balaban J connectivity index is 2.67. The molecule has 4 heteroatoms. The molecule has 0 spiro atoms. The molecule has 0 atom stereocenters. The van der Waals surface area contributed by atoms with Gasteiger partial charge in [0.1, 0.15) is 5.60 Å². The molecule has 4 nitrogen and oxygen atoms in total. The van der Waals surface area contributed by atoms with Crippen LogP contribution in [0, 0.1) is 18.8 Å². The standard InChI is InChI=1S/C11H13NO3/c1-8-9(14-7-12-8)5-6-10(13)15-11(2,3)4/h7H,1-4H3. The van der Waals surface area contributed by atoms with E-state index in [1.807, 2.05) is 0 Å². The van der Waals surface area contributed by atoms with Crippen molar-refractivity contribution in [3.63, 3.8) is 0 Å². The maximum Gasteiger partial charge on any atom is 0.385 e. The van der Waals surface area contributed by atoms with Gasteiger partial charge >= 0.3 is 5.97 Å². The monoisotopic (exact) mass is 207 g/mol. The van der Waals surface area contributed by atoms with Gasteiger partial charge in [0.15, 0.2) is 6.39 Å². The van der Waals surface area contributed by atoms with Gasteiger partial charge < -0.3 is 9.15 Å². The Morgan fingerprint density at radius 2 is 2.20 bits per heavy atom. The van der Waals surface area contributed by atoms with Gasteiger partial charge in [-0.1, -0.05) is 0 Å². The van der Waals surface area contributed by atoms with Crippen molar-refractivity contribution in [2.75, 3.05) is 0 Å². The fourth-order valence-electron chi connectivity index (χ4n) is 0.833. The van der Waals surface area contributed by atoms with E-state index in [0.29, 0.717) is 11.5 Å². The van der Waals surface area contributed by atoms with Crippen LogP contribution in [-0.4, -0.2) is 16.6 Å². The number of aromatic nitrogens is 1. The third kappa shape index (κ3) is 3.86. The van der Waals surface area contributed by atoms with Crippen LogP contribution in [0.1, 0.15) is 32.2 Å². The summed E-state index contributed by atoms with van der Waals surface area (Å²) in [5.74, 6) is 4.72. The summed E-state index contributed by atoms with van der Waals surface area (Å²) in [6.07, 6.45) is 1.29. The van der Waals surface area contributed by atoms with Gasteiger partial charge in [-0.05, 0) is 33.6 Å². The smallest absolute Gasteiger partial charge is 0.385 e. The van der Waals surface area contributed by atoms with E-state index in [9.17, 15) is 4.79 Å². The van der Waals surface area contributed by atoms with Crippen molar-refractivity contribution in [3.8, 4) is 11.8 Å². The normalized spacial score (nSPS) is 10.4. The lowest BCUT2D eigenvalue weighted by molar-refractivity contribution is -0.147. The fourth-order valence-corrected chi connectivity index (χ4v) is 0.833. The molecule has 1 heterocycles. The van der Waals surface area contributed by atoms with Gasteiger partial charge in [-0.3, -0.25) is 0 Å². The average molecular weight is 207 g/mol. The van der Waals surface area contributed by atoms with Crippen molar-refractivity contribution in [3.05, 3.63) is 17.8 Å². The van der Waals surface area contributed by atoms with E-state index in [1.165, 1.54) is 6.39 Å². The second-order valence-corrected chi connectivity index (χ2v) is 4.02. The van der Waals surface area contributed by atoms with Gasteiger partial charge in [-0.15, -0.1) is 0 Å². The molecule has 0 unspecified atom stereocenters. The molecule has 1 rings (SSSR count). The number of nitrogens with zero attached hydrogens (tertiary/aromatic N) is 1. The first kappa shape index (κ1) is 11.3. The second kappa shape index (κ2) is 4.18. The Bertz CT molecular complexity index is 415. The molecule has 0 fully saturated rings. The van der Waals surface area contributed by atoms with Gasteiger partial charge in [0.2, 0.25) is 5.76 Å². The number of oxazole rings is 1. The molecule has 0 bridgehead atoms. The van der Waals surface area contributed by atoms with Crippen LogP contribution in [0.2, 0.25) is 0 Å². The van der Waals surface area contributed by atoms with Crippen LogP contribution < -0.4 is 0 Å². The highest BCUT2D eigenvalue weighted by atomic mass is 16.6. The first-order valence-corrected chi connectivity index (χ1v) is 4.53. The van der Waals surface area contributed by atoms with Crippen molar-refractivity contribution in [1.82, 2.24) is 4.98 Å². The zero-order valence-corrected chi connectivity index (χ0v) is 9.25. The van der Waals surface area contributed by atoms with Crippen LogP contribution in [0.3, 0.4) is 0 Å². The van der Waals surface area contributed by atoms with Gasteiger partial charge in [0, 0.05) is 5.92 Å². The zero-order valence-electron chi connectivity index (χ0n) is 9.25. The minimum atomic E-state index is -0.571. The molecule has 15 heavy (non-hydrogen) atoms. The molecule has 0 aromatic carbocycles. The number of carbonyl (C=O) groups is 1. The second-order valence-electron chi connectivity index (χ2n) is 4.02. The number of ether oxygens (including phenoxy) is 1. The van der Waals surface area contributed by atoms with Crippen molar-refractivity contribution < 1.29 is 13.9 Å². The van der Waals surface area contributed by atoms with Crippen molar-refractivity contribution in [1.29, 1.82) is 0 Å². The summed E-state index contributed by atoms with van der Waals surface area (Å²) in [4.78, 5) is 15.1. The molecule has 0 aliphatic heterocycles. The van der Waals surface area contributed by atoms with Gasteiger partial charge in [0.25, 0.3) is 0 Å². The number of aryl methyl sites for hydroxylation is 1. The van der Waals surface area contributed by atoms with Crippen molar-refractivity contribution in [2.45, 2.75) is 33.3 Å². The first-order chi connectivity index (χ1) is 6.88. The van der Waals surface area contributed by atoms with E-state index in [1.54, 1.807) is 27.7 Å². The Hall–Kier alpha value is -1.76. The van der Waals surface area contributed by atoms with E-state index in [0.717, 1.165) is 0 Å². The first-order valence-electron chi connectivity index (χ1n) is 4.53. The summed E-state index contributed by atoms with van der Waals surface area (Å²) in [6, 6.07) is 0. The van der Waals surface area contributed by atoms with Crippen LogP contribution in [-0.2, 0) is 9.53 Å². The Labute approximate surface area is 88.6 Å². The van der Waals surface area contributed by atoms with E-state index >= 15 is 0 Å². The number of hydrogen-bond acceptors (Lipinski definition) is 4. The van der Waals surface area contributed by atoms with E-state index in [2.05, 4.69) is 16.8 Å². The molecule has 0 aliphatic carbocycles. The SMILES string of the molecule is Cc1ncoc1C#CC(=O)OC(C)(C)C. The quantitative estimate of drug-likeness (QED) is 0.479. The summed E-state index contributed by atoms with van der Waals surface area (Å²) in [5.41, 5.74) is 0.133. The minimum absolute atomic E-state index is 0.390. The fraction of sp³-hybridized carbons (Fsp3) is 0.455. The lowest BCUT2D eigenvalue weighted by Crippen LogP contribution is -2.22. The summed E-state index contributed by atoms with van der Waals surface area (Å²) in [5, 5.41) is 0. The van der Waals surface area contributed by atoms with Crippen LogP contribution in [0.4, 0.5) is 0 Å². The number of esters is 1. The van der Waals surface area contributed by atoms with Gasteiger partial charge in [0.05, 0.1) is 5.69 Å². The topological polar surface area (TPSA) is 52.3 Å². The Kier molecular flexibility index (Phi) is 3.15. The minimum Gasteiger partial charge on any atom is -0.450 e. The summed E-state index contributed by atoms with van der Waals surface area (Å²) in [7, 11) is 0. The third-order valence-corrected chi connectivity index (χ3v) is 1.42. The lowest BCUT2D eigenvalue weighted by Gasteiger charge is -2.16. The molecule has 0 saturated heterocycles. The predicted octanol–water partition coefficient (Wildman–Crippen LogP) is 1.68. The van der Waals surface area contributed by atoms with Crippen LogP contribution in [0.5, 0.6) is 0 Å². The number of carbonyl (C=O) groups excluding carboxylic acids is 1. The van der Waals surface area contributed by atoms with Crippen molar-refractivity contribution >= 4 is 5.97 Å². The molecule has 1 aromatic heterocycles. The molecular weight excluding hydrogens is 194 g/mol. The third-order valence-electron chi connectivity index (χ3n) is 1.42. The number of hydrogen-bond donors (Lipinski definition) is 0. The lowest BCUT2D eigenvalue weighted by atomic mass is 10.2. The number of rotatable bonds is 0. The molecule has 0 saturated carbocycles. The molecule has 0 aliphatic rings. The van der Waals surface area contributed by atoms with Crippen LogP contribution >= 0.6 is 0 Å². The Morgan fingerprint density at radius 3 is 2.67 bits per heavy atom. The molecular formula is C11H13NO3. The molecule has 80 valence electrons. The average Bonchev–Trinajstić information content (AvgIpc) is 2.44. The summed E-state index contributed by atoms with van der Waals surface area (Å²) in [6.45, 7) is 7.10. The largest absolute Gasteiger partial charge is 0.450 e. The highest BCUT2D eigenvalue weighted by Gasteiger charge is 2.14. The van der Waals surface area contributed by atoms with E-state index in [-0.39, 0.29) is 0 Å².